The highest BCUT2D eigenvalue weighted by molar-refractivity contribution is 5.67. The number of aryl methyl sites for hydroxylation is 1. The summed E-state index contributed by atoms with van der Waals surface area (Å²) in [4.78, 5) is 4.52. The second-order valence-electron chi connectivity index (χ2n) is 5.35. The van der Waals surface area contributed by atoms with E-state index in [2.05, 4.69) is 31.8 Å². The SMILES string of the molecule is Cc1nc(C(C)(C)C)cc(-c2ccco2)c1C#N. The Kier molecular flexibility index (Phi) is 2.96. The van der Waals surface area contributed by atoms with Gasteiger partial charge in [-0.2, -0.15) is 5.26 Å². The monoisotopic (exact) mass is 240 g/mol. The van der Waals surface area contributed by atoms with E-state index in [0.717, 1.165) is 17.0 Å². The quantitative estimate of drug-likeness (QED) is 0.761. The Hall–Kier alpha value is -2.08. The van der Waals surface area contributed by atoms with Crippen molar-refractivity contribution < 1.29 is 4.42 Å². The summed E-state index contributed by atoms with van der Waals surface area (Å²) in [6.45, 7) is 8.17. The van der Waals surface area contributed by atoms with Crippen LogP contribution in [0.5, 0.6) is 0 Å². The molecule has 3 nitrogen and oxygen atoms in total. The molecule has 0 fully saturated rings. The molecule has 0 radical (unpaired) electrons. The van der Waals surface area contributed by atoms with Crippen LogP contribution in [-0.4, -0.2) is 4.98 Å². The summed E-state index contributed by atoms with van der Waals surface area (Å²) in [6, 6.07) is 7.84. The fraction of sp³-hybridized carbons (Fsp3) is 0.333. The number of pyridine rings is 1. The van der Waals surface area contributed by atoms with Crippen LogP contribution in [0.1, 0.15) is 37.7 Å². The lowest BCUT2D eigenvalue weighted by Crippen LogP contribution is -2.15. The molecule has 0 spiro atoms. The molecule has 0 atom stereocenters. The lowest BCUT2D eigenvalue weighted by atomic mass is 9.89. The standard InChI is InChI=1S/C15H16N2O/c1-10-12(9-16)11(13-6-5-7-18-13)8-14(17-10)15(2,3)4/h5-8H,1-4H3. The van der Waals surface area contributed by atoms with Crippen LogP contribution in [0.3, 0.4) is 0 Å². The molecule has 3 heteroatoms. The zero-order chi connectivity index (χ0) is 13.3. The Labute approximate surface area is 107 Å². The van der Waals surface area contributed by atoms with Gasteiger partial charge in [0.2, 0.25) is 0 Å². The molecule has 2 aromatic rings. The van der Waals surface area contributed by atoms with Crippen molar-refractivity contribution in [2.75, 3.05) is 0 Å². The number of hydrogen-bond donors (Lipinski definition) is 0. The van der Waals surface area contributed by atoms with Gasteiger partial charge >= 0.3 is 0 Å². The van der Waals surface area contributed by atoms with Gasteiger partial charge in [-0.25, -0.2) is 0 Å². The number of nitrogens with zero attached hydrogens (tertiary/aromatic N) is 2. The Morgan fingerprint density at radius 3 is 2.56 bits per heavy atom. The summed E-state index contributed by atoms with van der Waals surface area (Å²) < 4.78 is 5.41. The van der Waals surface area contributed by atoms with Crippen LogP contribution in [0.15, 0.2) is 28.9 Å². The molecule has 2 heterocycles. The molecule has 0 unspecified atom stereocenters. The lowest BCUT2D eigenvalue weighted by Gasteiger charge is -2.19. The highest BCUT2D eigenvalue weighted by atomic mass is 16.3. The van der Waals surface area contributed by atoms with Crippen molar-refractivity contribution in [1.29, 1.82) is 5.26 Å². The summed E-state index contributed by atoms with van der Waals surface area (Å²) in [5, 5.41) is 9.26. The molecule has 0 saturated heterocycles. The molecule has 0 aliphatic rings. The van der Waals surface area contributed by atoms with E-state index in [9.17, 15) is 5.26 Å². The molecule has 0 aromatic carbocycles. The first-order valence-corrected chi connectivity index (χ1v) is 5.89. The average molecular weight is 240 g/mol. The van der Waals surface area contributed by atoms with Gasteiger partial charge in [-0.1, -0.05) is 20.8 Å². The molecule has 0 aliphatic heterocycles. The summed E-state index contributed by atoms with van der Waals surface area (Å²) in [5.41, 5.74) is 3.06. The van der Waals surface area contributed by atoms with Gasteiger partial charge in [-0.3, -0.25) is 4.98 Å². The Balaban J connectivity index is 2.71. The first-order chi connectivity index (χ1) is 8.43. The van der Waals surface area contributed by atoms with Crippen molar-refractivity contribution in [3.63, 3.8) is 0 Å². The molecule has 18 heavy (non-hydrogen) atoms. The van der Waals surface area contributed by atoms with Crippen LogP contribution in [0.2, 0.25) is 0 Å². The van der Waals surface area contributed by atoms with E-state index in [1.807, 2.05) is 25.1 Å². The molecule has 0 N–H and O–H groups in total. The van der Waals surface area contributed by atoms with Gasteiger partial charge in [0.15, 0.2) is 0 Å². The maximum atomic E-state index is 9.26. The van der Waals surface area contributed by atoms with E-state index in [1.54, 1.807) is 6.26 Å². The van der Waals surface area contributed by atoms with Crippen molar-refractivity contribution in [2.45, 2.75) is 33.1 Å². The van der Waals surface area contributed by atoms with E-state index in [-0.39, 0.29) is 5.41 Å². The second-order valence-corrected chi connectivity index (χ2v) is 5.35. The number of nitriles is 1. The Morgan fingerprint density at radius 1 is 1.33 bits per heavy atom. The molecular formula is C15H16N2O. The third kappa shape index (κ3) is 2.14. The average Bonchev–Trinajstić information content (AvgIpc) is 2.79. The van der Waals surface area contributed by atoms with Crippen molar-refractivity contribution in [3.8, 4) is 17.4 Å². The maximum absolute atomic E-state index is 9.26. The minimum atomic E-state index is -0.0555. The predicted octanol–water partition coefficient (Wildman–Crippen LogP) is 3.82. The van der Waals surface area contributed by atoms with Crippen molar-refractivity contribution >= 4 is 0 Å². The first-order valence-electron chi connectivity index (χ1n) is 5.89. The van der Waals surface area contributed by atoms with E-state index in [0.29, 0.717) is 11.3 Å². The third-order valence-electron chi connectivity index (χ3n) is 2.87. The fourth-order valence-corrected chi connectivity index (χ4v) is 1.82. The molecule has 92 valence electrons. The van der Waals surface area contributed by atoms with Gasteiger partial charge in [-0.05, 0) is 25.1 Å². The predicted molar refractivity (Wildman–Crippen MR) is 70.1 cm³/mol. The minimum Gasteiger partial charge on any atom is -0.464 e. The molecule has 2 aromatic heterocycles. The van der Waals surface area contributed by atoms with E-state index in [4.69, 9.17) is 4.42 Å². The van der Waals surface area contributed by atoms with Gasteiger partial charge in [0, 0.05) is 16.7 Å². The van der Waals surface area contributed by atoms with Crippen LogP contribution >= 0.6 is 0 Å². The molecule has 0 amide bonds. The minimum absolute atomic E-state index is 0.0555. The van der Waals surface area contributed by atoms with Crippen LogP contribution in [0.4, 0.5) is 0 Å². The molecule has 0 saturated carbocycles. The van der Waals surface area contributed by atoms with E-state index < -0.39 is 0 Å². The van der Waals surface area contributed by atoms with E-state index >= 15 is 0 Å². The van der Waals surface area contributed by atoms with Gasteiger partial charge in [0.05, 0.1) is 17.5 Å². The second kappa shape index (κ2) is 4.30. The summed E-state index contributed by atoms with van der Waals surface area (Å²) >= 11 is 0. The Bertz CT molecular complexity index is 599. The number of aromatic nitrogens is 1. The van der Waals surface area contributed by atoms with Gasteiger partial charge in [0.25, 0.3) is 0 Å². The molecule has 0 bridgehead atoms. The zero-order valence-corrected chi connectivity index (χ0v) is 11.1. The first kappa shape index (κ1) is 12.4. The molecular weight excluding hydrogens is 224 g/mol. The van der Waals surface area contributed by atoms with Gasteiger partial charge < -0.3 is 4.42 Å². The maximum Gasteiger partial charge on any atom is 0.135 e. The van der Waals surface area contributed by atoms with Crippen molar-refractivity contribution in [3.05, 3.63) is 41.4 Å². The largest absolute Gasteiger partial charge is 0.464 e. The summed E-state index contributed by atoms with van der Waals surface area (Å²) in [7, 11) is 0. The lowest BCUT2D eigenvalue weighted by molar-refractivity contribution is 0.563. The summed E-state index contributed by atoms with van der Waals surface area (Å²) in [6.07, 6.45) is 1.61. The third-order valence-corrected chi connectivity index (χ3v) is 2.87. The smallest absolute Gasteiger partial charge is 0.135 e. The fourth-order valence-electron chi connectivity index (χ4n) is 1.82. The highest BCUT2D eigenvalue weighted by Gasteiger charge is 2.20. The van der Waals surface area contributed by atoms with E-state index in [1.165, 1.54) is 0 Å². The van der Waals surface area contributed by atoms with Crippen molar-refractivity contribution in [1.82, 2.24) is 4.98 Å². The number of rotatable bonds is 1. The number of furan rings is 1. The normalized spacial score (nSPS) is 11.3. The van der Waals surface area contributed by atoms with Gasteiger partial charge in [0.1, 0.15) is 11.8 Å². The van der Waals surface area contributed by atoms with Gasteiger partial charge in [-0.15, -0.1) is 0 Å². The number of hydrogen-bond acceptors (Lipinski definition) is 3. The highest BCUT2D eigenvalue weighted by Crippen LogP contribution is 2.30. The van der Waals surface area contributed by atoms with Crippen LogP contribution < -0.4 is 0 Å². The van der Waals surface area contributed by atoms with Crippen molar-refractivity contribution in [2.24, 2.45) is 0 Å². The van der Waals surface area contributed by atoms with Crippen LogP contribution in [0, 0.1) is 18.3 Å². The zero-order valence-electron chi connectivity index (χ0n) is 11.1. The topological polar surface area (TPSA) is 49.8 Å². The van der Waals surface area contributed by atoms with Crippen LogP contribution in [0.25, 0.3) is 11.3 Å². The summed E-state index contributed by atoms with van der Waals surface area (Å²) in [5.74, 6) is 0.711. The van der Waals surface area contributed by atoms with Crippen LogP contribution in [-0.2, 0) is 5.41 Å². The Morgan fingerprint density at radius 2 is 2.06 bits per heavy atom. The molecule has 0 aliphatic carbocycles. The molecule has 2 rings (SSSR count).